The molecule has 3 atom stereocenters. The van der Waals surface area contributed by atoms with Crippen molar-refractivity contribution in [2.45, 2.75) is 64.5 Å². The topological polar surface area (TPSA) is 57.7 Å². The first kappa shape index (κ1) is 17.2. The number of hydrogen-bond donors (Lipinski definition) is 0. The average molecular weight is 332 g/mol. The summed E-state index contributed by atoms with van der Waals surface area (Å²) < 4.78 is 0. The Balaban J connectivity index is 1.84. The van der Waals surface area contributed by atoms with Gasteiger partial charge in [0.2, 0.25) is 17.7 Å². The molecular weight excluding hydrogens is 304 g/mol. The lowest BCUT2D eigenvalue weighted by Gasteiger charge is -2.38. The first-order valence-electron chi connectivity index (χ1n) is 9.20. The highest BCUT2D eigenvalue weighted by Crippen LogP contribution is 2.37. The molecule has 0 aromatic heterocycles. The van der Waals surface area contributed by atoms with E-state index in [0.717, 1.165) is 19.3 Å². The number of rotatable bonds is 5. The second-order valence-electron chi connectivity index (χ2n) is 7.88. The van der Waals surface area contributed by atoms with Gasteiger partial charge in [0, 0.05) is 13.1 Å². The maximum atomic E-state index is 13.1. The minimum absolute atomic E-state index is 0.0679. The summed E-state index contributed by atoms with van der Waals surface area (Å²) in [6, 6.07) is -0.370. The zero-order valence-electron chi connectivity index (χ0n) is 14.9. The molecule has 5 heteroatoms. The monoisotopic (exact) mass is 332 g/mol. The van der Waals surface area contributed by atoms with Gasteiger partial charge >= 0.3 is 0 Å². The highest BCUT2D eigenvalue weighted by atomic mass is 16.2. The molecule has 2 aliphatic carbocycles. The Morgan fingerprint density at radius 2 is 1.71 bits per heavy atom. The van der Waals surface area contributed by atoms with Crippen molar-refractivity contribution in [1.29, 1.82) is 0 Å². The van der Waals surface area contributed by atoms with Crippen LogP contribution in [-0.2, 0) is 14.4 Å². The molecule has 0 radical (unpaired) electrons. The fourth-order valence-corrected chi connectivity index (χ4v) is 4.09. The van der Waals surface area contributed by atoms with Gasteiger partial charge in [-0.25, -0.2) is 0 Å². The third-order valence-electron chi connectivity index (χ3n) is 5.80. The zero-order valence-corrected chi connectivity index (χ0v) is 14.9. The normalized spacial score (nSPS) is 28.1. The molecule has 24 heavy (non-hydrogen) atoms. The Morgan fingerprint density at radius 1 is 1.17 bits per heavy atom. The summed E-state index contributed by atoms with van der Waals surface area (Å²) in [6.07, 6.45) is 8.93. The lowest BCUT2D eigenvalue weighted by Crippen LogP contribution is -2.54. The molecule has 1 heterocycles. The number of allylic oxidation sites excluding steroid dienone is 2. The second kappa shape index (κ2) is 6.69. The second-order valence-corrected chi connectivity index (χ2v) is 7.88. The Bertz CT molecular complexity index is 539. The molecular formula is C19H28N2O3. The SMILES string of the molecule is CC(C)CC(C(=O)N(C)C1CCC1)N1C(=O)C2CC=CCC2C1=O. The number of nitrogens with zero attached hydrogens (tertiary/aromatic N) is 2. The Morgan fingerprint density at radius 3 is 2.12 bits per heavy atom. The minimum atomic E-state index is -0.638. The van der Waals surface area contributed by atoms with Gasteiger partial charge in [-0.15, -0.1) is 0 Å². The Hall–Kier alpha value is -1.65. The number of hydrogen-bond acceptors (Lipinski definition) is 3. The summed E-state index contributed by atoms with van der Waals surface area (Å²) in [6.45, 7) is 4.06. The lowest BCUT2D eigenvalue weighted by molar-refractivity contribution is -0.153. The molecule has 0 aromatic rings. The van der Waals surface area contributed by atoms with Crippen LogP contribution >= 0.6 is 0 Å². The number of carbonyl (C=O) groups excluding carboxylic acids is 3. The van der Waals surface area contributed by atoms with E-state index < -0.39 is 6.04 Å². The summed E-state index contributed by atoms with van der Waals surface area (Å²) in [5, 5.41) is 0. The van der Waals surface area contributed by atoms with E-state index in [1.807, 2.05) is 33.0 Å². The fraction of sp³-hybridized carbons (Fsp3) is 0.737. The third-order valence-corrected chi connectivity index (χ3v) is 5.80. The van der Waals surface area contributed by atoms with Gasteiger partial charge in [-0.2, -0.15) is 0 Å². The smallest absolute Gasteiger partial charge is 0.245 e. The quantitative estimate of drug-likeness (QED) is 0.574. The van der Waals surface area contributed by atoms with Gasteiger partial charge in [0.05, 0.1) is 11.8 Å². The molecule has 2 fully saturated rings. The summed E-state index contributed by atoms with van der Waals surface area (Å²) in [7, 11) is 1.82. The van der Waals surface area contributed by atoms with Crippen molar-refractivity contribution < 1.29 is 14.4 Å². The minimum Gasteiger partial charge on any atom is -0.341 e. The highest BCUT2D eigenvalue weighted by molar-refractivity contribution is 6.08. The van der Waals surface area contributed by atoms with Crippen LogP contribution in [0.15, 0.2) is 12.2 Å². The third kappa shape index (κ3) is 2.89. The van der Waals surface area contributed by atoms with Gasteiger partial charge < -0.3 is 4.90 Å². The number of likely N-dealkylation sites (tertiary alicyclic amines) is 1. The molecule has 0 bridgehead atoms. The van der Waals surface area contributed by atoms with E-state index >= 15 is 0 Å². The van der Waals surface area contributed by atoms with E-state index in [2.05, 4.69) is 0 Å². The van der Waals surface area contributed by atoms with Gasteiger partial charge in [0.25, 0.3) is 0 Å². The van der Waals surface area contributed by atoms with E-state index in [1.165, 1.54) is 4.90 Å². The van der Waals surface area contributed by atoms with Gasteiger partial charge in [-0.1, -0.05) is 26.0 Å². The van der Waals surface area contributed by atoms with Crippen molar-refractivity contribution in [3.05, 3.63) is 12.2 Å². The molecule has 0 N–H and O–H groups in total. The molecule has 0 aromatic carbocycles. The van der Waals surface area contributed by atoms with Crippen LogP contribution < -0.4 is 0 Å². The maximum Gasteiger partial charge on any atom is 0.245 e. The largest absolute Gasteiger partial charge is 0.341 e. The fourth-order valence-electron chi connectivity index (χ4n) is 4.09. The molecule has 3 amide bonds. The van der Waals surface area contributed by atoms with Crippen molar-refractivity contribution in [3.63, 3.8) is 0 Å². The number of carbonyl (C=O) groups is 3. The van der Waals surface area contributed by atoms with Gasteiger partial charge in [0.15, 0.2) is 0 Å². The van der Waals surface area contributed by atoms with E-state index in [0.29, 0.717) is 19.3 Å². The molecule has 3 rings (SSSR count). The molecule has 132 valence electrons. The molecule has 5 nitrogen and oxygen atoms in total. The molecule has 1 saturated carbocycles. The molecule has 3 unspecified atom stereocenters. The van der Waals surface area contributed by atoms with Crippen molar-refractivity contribution in [3.8, 4) is 0 Å². The molecule has 3 aliphatic rings. The van der Waals surface area contributed by atoms with Crippen LogP contribution in [0, 0.1) is 17.8 Å². The van der Waals surface area contributed by atoms with Gasteiger partial charge in [-0.3, -0.25) is 19.3 Å². The van der Waals surface area contributed by atoms with E-state index in [9.17, 15) is 14.4 Å². The average Bonchev–Trinajstić information content (AvgIpc) is 2.74. The summed E-state index contributed by atoms with van der Waals surface area (Å²) >= 11 is 0. The van der Waals surface area contributed by atoms with E-state index in [4.69, 9.17) is 0 Å². The van der Waals surface area contributed by atoms with Crippen LogP contribution in [0.2, 0.25) is 0 Å². The predicted molar refractivity (Wildman–Crippen MR) is 90.9 cm³/mol. The number of likely N-dealkylation sites (N-methyl/N-ethyl adjacent to an activating group) is 1. The molecule has 1 saturated heterocycles. The molecule has 1 aliphatic heterocycles. The van der Waals surface area contributed by atoms with Crippen molar-refractivity contribution in [2.24, 2.45) is 17.8 Å². The van der Waals surface area contributed by atoms with Crippen molar-refractivity contribution in [1.82, 2.24) is 9.80 Å². The first-order chi connectivity index (χ1) is 11.4. The van der Waals surface area contributed by atoms with Crippen LogP contribution in [-0.4, -0.2) is 46.7 Å². The number of fused-ring (bicyclic) bond motifs is 1. The van der Waals surface area contributed by atoms with E-state index in [1.54, 1.807) is 4.90 Å². The standard InChI is InChI=1S/C19H28N2O3/c1-12(2)11-16(19(24)20(3)13-7-6-8-13)21-17(22)14-9-4-5-10-15(14)18(21)23/h4-5,12-16H,6-11H2,1-3H3. The summed E-state index contributed by atoms with van der Waals surface area (Å²) in [5.74, 6) is -0.638. The lowest BCUT2D eigenvalue weighted by atomic mass is 9.85. The summed E-state index contributed by atoms with van der Waals surface area (Å²) in [4.78, 5) is 41.9. The Kier molecular flexibility index (Phi) is 4.79. The first-order valence-corrected chi connectivity index (χ1v) is 9.20. The van der Waals surface area contributed by atoms with Gasteiger partial charge in [0.1, 0.15) is 6.04 Å². The number of imide groups is 1. The van der Waals surface area contributed by atoms with Crippen molar-refractivity contribution >= 4 is 17.7 Å². The van der Waals surface area contributed by atoms with Crippen molar-refractivity contribution in [2.75, 3.05) is 7.05 Å². The highest BCUT2D eigenvalue weighted by Gasteiger charge is 2.51. The van der Waals surface area contributed by atoms with Crippen LogP contribution in [0.5, 0.6) is 0 Å². The Labute approximate surface area is 144 Å². The zero-order chi connectivity index (χ0) is 17.4. The molecule has 0 spiro atoms. The number of amides is 3. The van der Waals surface area contributed by atoms with Gasteiger partial charge in [-0.05, 0) is 44.4 Å². The van der Waals surface area contributed by atoms with Crippen LogP contribution in [0.1, 0.15) is 52.4 Å². The van der Waals surface area contributed by atoms with Crippen LogP contribution in [0.4, 0.5) is 0 Å². The summed E-state index contributed by atoms with van der Waals surface area (Å²) in [5.41, 5.74) is 0. The predicted octanol–water partition coefficient (Wildman–Crippen LogP) is 2.36. The van der Waals surface area contributed by atoms with E-state index in [-0.39, 0.29) is 41.5 Å². The van der Waals surface area contributed by atoms with Crippen LogP contribution in [0.3, 0.4) is 0 Å². The maximum absolute atomic E-state index is 13.1. The van der Waals surface area contributed by atoms with Crippen LogP contribution in [0.25, 0.3) is 0 Å².